The zero-order valence-corrected chi connectivity index (χ0v) is 12.0. The van der Waals surface area contributed by atoms with Crippen LogP contribution in [0.25, 0.3) is 0 Å². The molecule has 0 saturated heterocycles. The molecule has 0 aliphatic rings. The van der Waals surface area contributed by atoms with E-state index in [1.54, 1.807) is 0 Å². The number of hydrogen-bond donors (Lipinski definition) is 0. The minimum atomic E-state index is -0.276. The van der Waals surface area contributed by atoms with Gasteiger partial charge < -0.3 is 9.47 Å². The van der Waals surface area contributed by atoms with Crippen LogP contribution in [0, 0.1) is 0 Å². The summed E-state index contributed by atoms with van der Waals surface area (Å²) in [6.07, 6.45) is 0.216. The maximum atomic E-state index is 11.2. The van der Waals surface area contributed by atoms with Crippen LogP contribution >= 0.6 is 31.9 Å². The van der Waals surface area contributed by atoms with Gasteiger partial charge in [0, 0.05) is 10.9 Å². The second-order valence-corrected chi connectivity index (χ2v) is 4.67. The highest BCUT2D eigenvalue weighted by atomic mass is 79.9. The van der Waals surface area contributed by atoms with Crippen molar-refractivity contribution in [2.75, 3.05) is 19.0 Å². The number of hydrogen-bond acceptors (Lipinski definition) is 3. The molecule has 1 aromatic carbocycles. The molecule has 0 N–H and O–H groups in total. The minimum absolute atomic E-state index is 0.216. The van der Waals surface area contributed by atoms with Crippen molar-refractivity contribution in [3.8, 4) is 5.75 Å². The second kappa shape index (κ2) is 6.91. The molecule has 0 aromatic heterocycles. The lowest BCUT2D eigenvalue weighted by molar-refractivity contribution is -0.139. The highest BCUT2D eigenvalue weighted by molar-refractivity contribution is 9.10. The molecule has 0 heterocycles. The predicted octanol–water partition coefficient (Wildman–Crippen LogP) is 2.94. The van der Waals surface area contributed by atoms with Crippen LogP contribution in [0.15, 0.2) is 22.7 Å². The molecule has 3 nitrogen and oxygen atoms in total. The Balaban J connectivity index is 2.88. The Labute approximate surface area is 111 Å². The average molecular weight is 352 g/mol. The molecular weight excluding hydrogens is 340 g/mol. The van der Waals surface area contributed by atoms with Crippen LogP contribution in [0.2, 0.25) is 0 Å². The number of carbonyl (C=O) groups is 1. The summed E-state index contributed by atoms with van der Waals surface area (Å²) >= 11 is 6.69. The number of alkyl halides is 1. The zero-order chi connectivity index (χ0) is 12.0. The lowest BCUT2D eigenvalue weighted by atomic mass is 10.1. The third kappa shape index (κ3) is 3.79. The smallest absolute Gasteiger partial charge is 0.310 e. The molecule has 16 heavy (non-hydrogen) atoms. The molecule has 1 aromatic rings. The van der Waals surface area contributed by atoms with Crippen LogP contribution in [0.3, 0.4) is 0 Å². The Bertz CT molecular complexity index is 366. The number of ether oxygens (including phenoxy) is 2. The van der Waals surface area contributed by atoms with Crippen molar-refractivity contribution in [1.29, 1.82) is 0 Å². The van der Waals surface area contributed by atoms with E-state index in [0.29, 0.717) is 12.4 Å². The normalized spacial score (nSPS) is 9.94. The van der Waals surface area contributed by atoms with E-state index in [9.17, 15) is 4.79 Å². The lowest BCUT2D eigenvalue weighted by Crippen LogP contribution is -2.08. The van der Waals surface area contributed by atoms with Gasteiger partial charge in [0.1, 0.15) is 5.75 Å². The Morgan fingerprint density at radius 2 is 2.19 bits per heavy atom. The van der Waals surface area contributed by atoms with Crippen molar-refractivity contribution < 1.29 is 14.3 Å². The van der Waals surface area contributed by atoms with Gasteiger partial charge >= 0.3 is 5.97 Å². The fourth-order valence-electron chi connectivity index (χ4n) is 1.22. The first kappa shape index (κ1) is 13.5. The molecule has 0 aliphatic carbocycles. The molecule has 1 rings (SSSR count). The Hall–Kier alpha value is -0.550. The topological polar surface area (TPSA) is 35.5 Å². The van der Waals surface area contributed by atoms with Gasteiger partial charge in [-0.15, -0.1) is 0 Å². The quantitative estimate of drug-likeness (QED) is 0.604. The van der Waals surface area contributed by atoms with Crippen molar-refractivity contribution in [1.82, 2.24) is 0 Å². The van der Waals surface area contributed by atoms with Gasteiger partial charge in [-0.05, 0) is 22.0 Å². The van der Waals surface area contributed by atoms with Gasteiger partial charge in [-0.1, -0.05) is 28.1 Å². The molecule has 0 atom stereocenters. The summed E-state index contributed by atoms with van der Waals surface area (Å²) in [7, 11) is 1.37. The van der Waals surface area contributed by atoms with Crippen LogP contribution in [0.5, 0.6) is 5.75 Å². The second-order valence-electron chi connectivity index (χ2n) is 3.02. The van der Waals surface area contributed by atoms with E-state index in [1.165, 1.54) is 7.11 Å². The van der Waals surface area contributed by atoms with E-state index in [4.69, 9.17) is 4.74 Å². The zero-order valence-electron chi connectivity index (χ0n) is 8.83. The van der Waals surface area contributed by atoms with Gasteiger partial charge in [0.25, 0.3) is 0 Å². The van der Waals surface area contributed by atoms with Crippen molar-refractivity contribution in [2.24, 2.45) is 0 Å². The predicted molar refractivity (Wildman–Crippen MR) is 69.2 cm³/mol. The molecule has 0 amide bonds. The average Bonchev–Trinajstić information content (AvgIpc) is 2.28. The third-order valence-corrected chi connectivity index (χ3v) is 2.88. The van der Waals surface area contributed by atoms with E-state index < -0.39 is 0 Å². The first-order valence-electron chi connectivity index (χ1n) is 4.72. The summed E-state index contributed by atoms with van der Waals surface area (Å²) in [5.74, 6) is 0.425. The van der Waals surface area contributed by atoms with Crippen molar-refractivity contribution >= 4 is 37.8 Å². The van der Waals surface area contributed by atoms with E-state index in [1.807, 2.05) is 18.2 Å². The first-order chi connectivity index (χ1) is 7.69. The fourth-order valence-corrected chi connectivity index (χ4v) is 1.91. The largest absolute Gasteiger partial charge is 0.491 e. The highest BCUT2D eigenvalue weighted by Crippen LogP contribution is 2.29. The van der Waals surface area contributed by atoms with Crippen LogP contribution in [-0.2, 0) is 16.0 Å². The lowest BCUT2D eigenvalue weighted by Gasteiger charge is -2.11. The molecule has 88 valence electrons. The monoisotopic (exact) mass is 350 g/mol. The number of para-hydroxylation sites is 1. The van der Waals surface area contributed by atoms with Gasteiger partial charge in [-0.25, -0.2) is 0 Å². The van der Waals surface area contributed by atoms with Gasteiger partial charge in [0.05, 0.1) is 24.6 Å². The number of carbonyl (C=O) groups excluding carboxylic acids is 1. The first-order valence-corrected chi connectivity index (χ1v) is 6.63. The third-order valence-electron chi connectivity index (χ3n) is 1.93. The van der Waals surface area contributed by atoms with Crippen LogP contribution in [0.4, 0.5) is 0 Å². The maximum Gasteiger partial charge on any atom is 0.310 e. The van der Waals surface area contributed by atoms with Gasteiger partial charge in [0.15, 0.2) is 0 Å². The molecule has 0 saturated carbocycles. The summed E-state index contributed by atoms with van der Waals surface area (Å²) in [6.45, 7) is 0.552. The summed E-state index contributed by atoms with van der Waals surface area (Å²) < 4.78 is 11.0. The van der Waals surface area contributed by atoms with Crippen LogP contribution in [0.1, 0.15) is 5.56 Å². The Morgan fingerprint density at radius 1 is 1.44 bits per heavy atom. The molecule has 0 bridgehead atoms. The molecule has 0 radical (unpaired) electrons. The van der Waals surface area contributed by atoms with Crippen molar-refractivity contribution in [3.05, 3.63) is 28.2 Å². The molecule has 5 heteroatoms. The van der Waals surface area contributed by atoms with Crippen molar-refractivity contribution in [3.63, 3.8) is 0 Å². The summed E-state index contributed by atoms with van der Waals surface area (Å²) in [4.78, 5) is 11.2. The van der Waals surface area contributed by atoms with E-state index in [2.05, 4.69) is 36.6 Å². The number of halogens is 2. The van der Waals surface area contributed by atoms with E-state index in [0.717, 1.165) is 15.4 Å². The molecular formula is C11H12Br2O3. The molecule has 0 spiro atoms. The molecule has 0 unspecified atom stereocenters. The van der Waals surface area contributed by atoms with Crippen LogP contribution < -0.4 is 4.74 Å². The summed E-state index contributed by atoms with van der Waals surface area (Å²) in [5, 5.41) is 0.742. The van der Waals surface area contributed by atoms with Gasteiger partial charge in [0.2, 0.25) is 0 Å². The SMILES string of the molecule is COC(=O)Cc1cccc(Br)c1OCCBr. The van der Waals surface area contributed by atoms with Crippen LogP contribution in [-0.4, -0.2) is 25.0 Å². The fraction of sp³-hybridized carbons (Fsp3) is 0.364. The Morgan fingerprint density at radius 3 is 2.81 bits per heavy atom. The maximum absolute atomic E-state index is 11.2. The molecule has 0 fully saturated rings. The van der Waals surface area contributed by atoms with E-state index in [-0.39, 0.29) is 12.4 Å². The highest BCUT2D eigenvalue weighted by Gasteiger charge is 2.11. The molecule has 0 aliphatic heterocycles. The number of benzene rings is 1. The van der Waals surface area contributed by atoms with Gasteiger partial charge in [-0.3, -0.25) is 4.79 Å². The Kier molecular flexibility index (Phi) is 5.84. The minimum Gasteiger partial charge on any atom is -0.491 e. The summed E-state index contributed by atoms with van der Waals surface area (Å²) in [6, 6.07) is 5.60. The van der Waals surface area contributed by atoms with Crippen molar-refractivity contribution in [2.45, 2.75) is 6.42 Å². The summed E-state index contributed by atoms with van der Waals surface area (Å²) in [5.41, 5.74) is 0.821. The standard InChI is InChI=1S/C11H12Br2O3/c1-15-10(14)7-8-3-2-4-9(13)11(8)16-6-5-12/h2-4H,5-7H2,1H3. The van der Waals surface area contributed by atoms with E-state index >= 15 is 0 Å². The van der Waals surface area contributed by atoms with Gasteiger partial charge in [-0.2, -0.15) is 0 Å². The number of methoxy groups -OCH3 is 1. The number of rotatable bonds is 5. The number of esters is 1.